The van der Waals surface area contributed by atoms with Crippen molar-refractivity contribution in [1.29, 1.82) is 0 Å². The number of carbonyl (C=O) groups is 1. The number of anilines is 1. The Balaban J connectivity index is 1.91. The Morgan fingerprint density at radius 1 is 1.39 bits per heavy atom. The van der Waals surface area contributed by atoms with E-state index in [4.69, 9.17) is 5.73 Å². The molecule has 1 unspecified atom stereocenters. The first-order valence-electron chi connectivity index (χ1n) is 5.86. The largest absolute Gasteiger partial charge is 0.399 e. The van der Waals surface area contributed by atoms with Crippen LogP contribution in [0.2, 0.25) is 0 Å². The molecule has 1 aromatic heterocycles. The Morgan fingerprint density at radius 3 is 3.11 bits per heavy atom. The minimum atomic E-state index is 0.405. The van der Waals surface area contributed by atoms with Gasteiger partial charge in [-0.25, -0.2) is 0 Å². The van der Waals surface area contributed by atoms with E-state index < -0.39 is 0 Å². The lowest BCUT2D eigenvalue weighted by Crippen LogP contribution is -2.32. The highest BCUT2D eigenvalue weighted by atomic mass is 32.2. The van der Waals surface area contributed by atoms with E-state index in [9.17, 15) is 4.79 Å². The number of amides is 1. The minimum absolute atomic E-state index is 0.405. The normalized spacial score (nSPS) is 20.2. The molecule has 1 fully saturated rings. The first kappa shape index (κ1) is 11.9. The number of thioether (sulfide) groups is 1. The van der Waals surface area contributed by atoms with Crippen LogP contribution in [-0.4, -0.2) is 30.2 Å². The highest BCUT2D eigenvalue weighted by Gasteiger charge is 2.22. The topological polar surface area (TPSA) is 46.3 Å². The van der Waals surface area contributed by atoms with Crippen LogP contribution in [0.25, 0.3) is 10.1 Å². The SMILES string of the molecule is Nc1ccc2sc(C3CN(C=O)CCS3)cc2c1. The summed E-state index contributed by atoms with van der Waals surface area (Å²) in [4.78, 5) is 14.1. The predicted molar refractivity (Wildman–Crippen MR) is 79.1 cm³/mol. The van der Waals surface area contributed by atoms with Gasteiger partial charge in [-0.1, -0.05) is 0 Å². The molecular weight excluding hydrogens is 264 g/mol. The van der Waals surface area contributed by atoms with Crippen molar-refractivity contribution in [3.63, 3.8) is 0 Å². The lowest BCUT2D eigenvalue weighted by Gasteiger charge is -2.28. The van der Waals surface area contributed by atoms with Crippen LogP contribution in [0.15, 0.2) is 24.3 Å². The Bertz CT molecular complexity index is 581. The fourth-order valence-corrected chi connectivity index (χ4v) is 4.70. The van der Waals surface area contributed by atoms with Gasteiger partial charge in [0.1, 0.15) is 0 Å². The van der Waals surface area contributed by atoms with Crippen molar-refractivity contribution < 1.29 is 4.79 Å². The summed E-state index contributed by atoms with van der Waals surface area (Å²) >= 11 is 3.74. The molecule has 1 atom stereocenters. The smallest absolute Gasteiger partial charge is 0.209 e. The molecule has 2 aromatic rings. The van der Waals surface area contributed by atoms with Gasteiger partial charge in [0.2, 0.25) is 6.41 Å². The monoisotopic (exact) mass is 278 g/mol. The van der Waals surface area contributed by atoms with Crippen LogP contribution in [0.5, 0.6) is 0 Å². The van der Waals surface area contributed by atoms with Gasteiger partial charge in [-0.05, 0) is 29.7 Å². The van der Waals surface area contributed by atoms with Crippen molar-refractivity contribution in [2.45, 2.75) is 5.25 Å². The molecule has 0 spiro atoms. The van der Waals surface area contributed by atoms with Gasteiger partial charge in [-0.3, -0.25) is 4.79 Å². The second kappa shape index (κ2) is 4.82. The van der Waals surface area contributed by atoms with Gasteiger partial charge in [0.15, 0.2) is 0 Å². The zero-order valence-electron chi connectivity index (χ0n) is 9.83. The zero-order valence-corrected chi connectivity index (χ0v) is 11.5. The maximum atomic E-state index is 10.9. The van der Waals surface area contributed by atoms with Gasteiger partial charge in [0.25, 0.3) is 0 Å². The van der Waals surface area contributed by atoms with E-state index >= 15 is 0 Å². The van der Waals surface area contributed by atoms with Crippen molar-refractivity contribution in [3.8, 4) is 0 Å². The third-order valence-electron chi connectivity index (χ3n) is 3.12. The number of nitrogens with two attached hydrogens (primary N) is 1. The highest BCUT2D eigenvalue weighted by molar-refractivity contribution is 7.99. The molecule has 1 saturated heterocycles. The Hall–Kier alpha value is -1.20. The second-order valence-electron chi connectivity index (χ2n) is 4.41. The molecule has 5 heteroatoms. The predicted octanol–water partition coefficient (Wildman–Crippen LogP) is 2.73. The van der Waals surface area contributed by atoms with Gasteiger partial charge in [-0.2, -0.15) is 0 Å². The maximum absolute atomic E-state index is 10.9. The van der Waals surface area contributed by atoms with E-state index in [1.807, 2.05) is 28.8 Å². The van der Waals surface area contributed by atoms with E-state index in [2.05, 4.69) is 12.1 Å². The molecule has 18 heavy (non-hydrogen) atoms. The van der Waals surface area contributed by atoms with E-state index in [1.165, 1.54) is 15.0 Å². The molecule has 1 amide bonds. The number of benzene rings is 1. The van der Waals surface area contributed by atoms with E-state index in [0.29, 0.717) is 5.25 Å². The summed E-state index contributed by atoms with van der Waals surface area (Å²) < 4.78 is 1.27. The summed E-state index contributed by atoms with van der Waals surface area (Å²) in [6, 6.07) is 8.24. The van der Waals surface area contributed by atoms with Gasteiger partial charge < -0.3 is 10.6 Å². The van der Waals surface area contributed by atoms with Gasteiger partial charge in [0, 0.05) is 34.1 Å². The van der Waals surface area contributed by atoms with E-state index in [0.717, 1.165) is 30.9 Å². The molecule has 0 bridgehead atoms. The summed E-state index contributed by atoms with van der Waals surface area (Å²) in [5, 5.41) is 1.61. The van der Waals surface area contributed by atoms with Crippen molar-refractivity contribution >= 4 is 45.3 Å². The zero-order chi connectivity index (χ0) is 12.5. The number of nitrogens with zero attached hydrogens (tertiary/aromatic N) is 1. The molecule has 1 aliphatic rings. The summed E-state index contributed by atoms with van der Waals surface area (Å²) in [7, 11) is 0. The highest BCUT2D eigenvalue weighted by Crippen LogP contribution is 2.39. The van der Waals surface area contributed by atoms with Crippen LogP contribution in [0.3, 0.4) is 0 Å². The van der Waals surface area contributed by atoms with Crippen LogP contribution in [-0.2, 0) is 4.79 Å². The lowest BCUT2D eigenvalue weighted by molar-refractivity contribution is -0.118. The number of thiophene rings is 1. The van der Waals surface area contributed by atoms with Crippen LogP contribution in [0, 0.1) is 0 Å². The van der Waals surface area contributed by atoms with Gasteiger partial charge in [0.05, 0.1) is 5.25 Å². The van der Waals surface area contributed by atoms with Gasteiger partial charge >= 0.3 is 0 Å². The fourth-order valence-electron chi connectivity index (χ4n) is 2.18. The molecule has 2 N–H and O–H groups in total. The quantitative estimate of drug-likeness (QED) is 0.678. The fraction of sp³-hybridized carbons (Fsp3) is 0.308. The maximum Gasteiger partial charge on any atom is 0.209 e. The number of carbonyl (C=O) groups excluding carboxylic acids is 1. The molecule has 1 aromatic carbocycles. The minimum Gasteiger partial charge on any atom is -0.399 e. The average Bonchev–Trinajstić information content (AvgIpc) is 2.81. The Labute approximate surface area is 114 Å². The molecule has 1 aliphatic heterocycles. The molecule has 0 saturated carbocycles. The molecule has 0 radical (unpaired) electrons. The van der Waals surface area contributed by atoms with Crippen LogP contribution >= 0.6 is 23.1 Å². The van der Waals surface area contributed by atoms with E-state index in [1.54, 1.807) is 11.3 Å². The Morgan fingerprint density at radius 2 is 2.28 bits per heavy atom. The summed E-state index contributed by atoms with van der Waals surface area (Å²) in [6.07, 6.45) is 0.956. The second-order valence-corrected chi connectivity index (χ2v) is 6.83. The third-order valence-corrected chi connectivity index (χ3v) is 5.73. The summed E-state index contributed by atoms with van der Waals surface area (Å²) in [5.41, 5.74) is 6.60. The van der Waals surface area contributed by atoms with Crippen molar-refractivity contribution in [1.82, 2.24) is 4.90 Å². The van der Waals surface area contributed by atoms with E-state index in [-0.39, 0.29) is 0 Å². The number of rotatable bonds is 2. The van der Waals surface area contributed by atoms with Crippen molar-refractivity contribution in [2.24, 2.45) is 0 Å². The molecule has 3 rings (SSSR count). The standard InChI is InChI=1S/C13H14N2OS2/c14-10-1-2-11-9(5-10)6-12(18-11)13-7-15(8-16)3-4-17-13/h1-2,5-6,8,13H,3-4,7,14H2. The van der Waals surface area contributed by atoms with Crippen LogP contribution in [0.4, 0.5) is 5.69 Å². The first-order chi connectivity index (χ1) is 8.76. The molecule has 94 valence electrons. The summed E-state index contributed by atoms with van der Waals surface area (Å²) in [5.74, 6) is 1.01. The Kier molecular flexibility index (Phi) is 3.18. The molecule has 2 heterocycles. The number of hydrogen-bond acceptors (Lipinski definition) is 4. The van der Waals surface area contributed by atoms with Gasteiger partial charge in [-0.15, -0.1) is 23.1 Å². The number of fused-ring (bicyclic) bond motifs is 1. The average molecular weight is 278 g/mol. The van der Waals surface area contributed by atoms with Crippen LogP contribution < -0.4 is 5.73 Å². The number of nitrogen functional groups attached to an aromatic ring is 1. The lowest BCUT2D eigenvalue weighted by atomic mass is 10.2. The van der Waals surface area contributed by atoms with Crippen LogP contribution in [0.1, 0.15) is 10.1 Å². The molecule has 3 nitrogen and oxygen atoms in total. The van der Waals surface area contributed by atoms with Crippen molar-refractivity contribution in [3.05, 3.63) is 29.1 Å². The molecule has 0 aliphatic carbocycles. The number of hydrogen-bond donors (Lipinski definition) is 1. The first-order valence-corrected chi connectivity index (χ1v) is 7.73. The summed E-state index contributed by atoms with van der Waals surface area (Å²) in [6.45, 7) is 1.68. The third kappa shape index (κ3) is 2.20. The molecular formula is C13H14N2OS2. The van der Waals surface area contributed by atoms with Crippen molar-refractivity contribution in [2.75, 3.05) is 24.6 Å².